The van der Waals surface area contributed by atoms with Crippen molar-refractivity contribution in [3.8, 4) is 23.2 Å². The van der Waals surface area contributed by atoms with Gasteiger partial charge in [0.1, 0.15) is 17.3 Å². The Morgan fingerprint density at radius 2 is 1.74 bits per heavy atom. The van der Waals surface area contributed by atoms with Gasteiger partial charge in [0.15, 0.2) is 5.82 Å². The van der Waals surface area contributed by atoms with Crippen LogP contribution in [-0.4, -0.2) is 34.8 Å². The molecule has 2 heterocycles. The van der Waals surface area contributed by atoms with Gasteiger partial charge in [-0.25, -0.2) is 18.1 Å². The minimum absolute atomic E-state index is 0.151. The first kappa shape index (κ1) is 23.2. The smallest absolute Gasteiger partial charge is 0.261 e. The maximum Gasteiger partial charge on any atom is 0.261 e. The van der Waals surface area contributed by atoms with Gasteiger partial charge < -0.3 is 9.47 Å². The number of hydrogen-bond acceptors (Lipinski definition) is 7. The minimum Gasteiger partial charge on any atom is -0.494 e. The summed E-state index contributed by atoms with van der Waals surface area (Å²) in [4.78, 5) is 8.80. The van der Waals surface area contributed by atoms with Crippen LogP contribution in [0.2, 0.25) is 0 Å². The zero-order valence-electron chi connectivity index (χ0n) is 18.9. The summed E-state index contributed by atoms with van der Waals surface area (Å²) in [5.41, 5.74) is 0.409. The van der Waals surface area contributed by atoms with Crippen LogP contribution < -0.4 is 14.2 Å². The number of rotatable bonds is 10. The van der Waals surface area contributed by atoms with Crippen molar-refractivity contribution in [3.05, 3.63) is 78.9 Å². The average molecular weight is 480 g/mol. The highest BCUT2D eigenvalue weighted by Crippen LogP contribution is 2.25. The van der Waals surface area contributed by atoms with E-state index in [0.29, 0.717) is 41.3 Å². The summed E-state index contributed by atoms with van der Waals surface area (Å²) in [6.45, 7) is 4.45. The summed E-state index contributed by atoms with van der Waals surface area (Å²) in [5, 5.41) is 4.17. The van der Waals surface area contributed by atoms with E-state index < -0.39 is 10.0 Å². The van der Waals surface area contributed by atoms with E-state index in [2.05, 4.69) is 26.7 Å². The van der Waals surface area contributed by atoms with Gasteiger partial charge in [-0.1, -0.05) is 13.3 Å². The number of anilines is 1. The molecule has 0 aliphatic heterocycles. The Labute approximate surface area is 198 Å². The monoisotopic (exact) mass is 479 g/mol. The molecule has 1 N–H and O–H groups in total. The van der Waals surface area contributed by atoms with Gasteiger partial charge in [-0.05, 0) is 67.9 Å². The van der Waals surface area contributed by atoms with Crippen LogP contribution in [0.4, 0.5) is 5.69 Å². The molecule has 0 spiro atoms. The molecular weight excluding hydrogens is 454 g/mol. The Bertz CT molecular complexity index is 1320. The van der Waals surface area contributed by atoms with Gasteiger partial charge >= 0.3 is 0 Å². The highest BCUT2D eigenvalue weighted by Gasteiger charge is 2.14. The summed E-state index contributed by atoms with van der Waals surface area (Å²) < 4.78 is 41.1. The predicted molar refractivity (Wildman–Crippen MR) is 128 cm³/mol. The van der Waals surface area contributed by atoms with Gasteiger partial charge in [-0.2, -0.15) is 10.1 Å². The van der Waals surface area contributed by atoms with Crippen LogP contribution in [0.25, 0.3) is 5.82 Å². The third kappa shape index (κ3) is 5.90. The number of unbranched alkanes of at least 4 members (excludes halogenated alkanes) is 1. The van der Waals surface area contributed by atoms with Crippen LogP contribution in [0.15, 0.2) is 78.0 Å². The van der Waals surface area contributed by atoms with Crippen molar-refractivity contribution in [1.82, 2.24) is 19.7 Å². The van der Waals surface area contributed by atoms with E-state index >= 15 is 0 Å². The largest absolute Gasteiger partial charge is 0.494 e. The van der Waals surface area contributed by atoms with Crippen LogP contribution in [0, 0.1) is 6.92 Å². The van der Waals surface area contributed by atoms with Gasteiger partial charge in [0.2, 0.25) is 5.88 Å². The Balaban J connectivity index is 1.42. The van der Waals surface area contributed by atoms with E-state index in [1.807, 2.05) is 0 Å². The lowest BCUT2D eigenvalue weighted by molar-refractivity contribution is 0.309. The number of hydrogen-bond donors (Lipinski definition) is 1. The predicted octanol–water partition coefficient (Wildman–Crippen LogP) is 4.74. The minimum atomic E-state index is -3.74. The number of ether oxygens (including phenoxy) is 2. The van der Waals surface area contributed by atoms with E-state index in [-0.39, 0.29) is 4.90 Å². The topological polar surface area (TPSA) is 108 Å². The zero-order chi connectivity index (χ0) is 24.0. The lowest BCUT2D eigenvalue weighted by atomic mass is 10.3. The molecule has 0 aliphatic carbocycles. The van der Waals surface area contributed by atoms with E-state index in [9.17, 15) is 8.42 Å². The van der Waals surface area contributed by atoms with Crippen LogP contribution in [0.5, 0.6) is 17.4 Å². The molecule has 0 radical (unpaired) electrons. The molecule has 0 atom stereocenters. The lowest BCUT2D eigenvalue weighted by Gasteiger charge is -2.11. The molecule has 0 fully saturated rings. The zero-order valence-corrected chi connectivity index (χ0v) is 19.7. The average Bonchev–Trinajstić information content (AvgIpc) is 3.36. The standard InChI is InChI=1S/C24H25N5O4S/c1-3-4-16-32-20-10-12-22(13-11-20)34(30,31)28-19-6-8-21(9-7-19)33-24-17-23(26-18(2)27-24)29-15-5-14-25-29/h5-15,17,28H,3-4,16H2,1-2H3. The number of nitrogens with one attached hydrogen (secondary N) is 1. The van der Waals surface area contributed by atoms with Crippen LogP contribution in [0.1, 0.15) is 25.6 Å². The maximum atomic E-state index is 12.7. The first-order chi connectivity index (χ1) is 16.4. The molecule has 2 aromatic heterocycles. The van der Waals surface area contributed by atoms with Gasteiger partial charge in [0.05, 0.1) is 11.5 Å². The third-order valence-electron chi connectivity index (χ3n) is 4.77. The summed E-state index contributed by atoms with van der Waals surface area (Å²) in [5.74, 6) is 2.62. The second kappa shape index (κ2) is 10.3. The van der Waals surface area contributed by atoms with Crippen molar-refractivity contribution in [2.24, 2.45) is 0 Å². The van der Waals surface area contributed by atoms with Crippen molar-refractivity contribution < 1.29 is 17.9 Å². The molecule has 0 saturated heterocycles. The molecule has 0 aliphatic rings. The molecule has 4 rings (SSSR count). The molecule has 0 unspecified atom stereocenters. The number of aryl methyl sites for hydroxylation is 1. The summed E-state index contributed by atoms with van der Waals surface area (Å²) in [7, 11) is -3.74. The lowest BCUT2D eigenvalue weighted by Crippen LogP contribution is -2.12. The van der Waals surface area contributed by atoms with Crippen LogP contribution in [-0.2, 0) is 10.0 Å². The Kier molecular flexibility index (Phi) is 7.07. The Morgan fingerprint density at radius 1 is 1.00 bits per heavy atom. The van der Waals surface area contributed by atoms with Gasteiger partial charge in [-0.15, -0.1) is 0 Å². The van der Waals surface area contributed by atoms with E-state index in [4.69, 9.17) is 9.47 Å². The fourth-order valence-electron chi connectivity index (χ4n) is 3.07. The molecule has 4 aromatic rings. The molecule has 0 bridgehead atoms. The number of benzene rings is 2. The molecule has 10 heteroatoms. The first-order valence-electron chi connectivity index (χ1n) is 10.8. The Hall–Kier alpha value is -3.92. The van der Waals surface area contributed by atoms with Crippen LogP contribution in [0.3, 0.4) is 0 Å². The van der Waals surface area contributed by atoms with Crippen LogP contribution >= 0.6 is 0 Å². The normalized spacial score (nSPS) is 11.2. The Morgan fingerprint density at radius 3 is 2.41 bits per heavy atom. The van der Waals surface area contributed by atoms with Crippen molar-refractivity contribution >= 4 is 15.7 Å². The fourth-order valence-corrected chi connectivity index (χ4v) is 4.13. The van der Waals surface area contributed by atoms with Crippen molar-refractivity contribution in [1.29, 1.82) is 0 Å². The highest BCUT2D eigenvalue weighted by molar-refractivity contribution is 7.92. The molecule has 34 heavy (non-hydrogen) atoms. The second-order valence-corrected chi connectivity index (χ2v) is 9.15. The molecule has 9 nitrogen and oxygen atoms in total. The highest BCUT2D eigenvalue weighted by atomic mass is 32.2. The quantitative estimate of drug-likeness (QED) is 0.327. The molecular formula is C24H25N5O4S. The maximum absolute atomic E-state index is 12.7. The second-order valence-electron chi connectivity index (χ2n) is 7.47. The molecule has 176 valence electrons. The fraction of sp³-hybridized carbons (Fsp3) is 0.208. The SMILES string of the molecule is CCCCOc1ccc(S(=O)(=O)Nc2ccc(Oc3cc(-n4cccn4)nc(C)n3)cc2)cc1. The molecule has 0 amide bonds. The number of nitrogens with zero attached hydrogens (tertiary/aromatic N) is 4. The van der Waals surface area contributed by atoms with E-state index in [1.165, 1.54) is 12.1 Å². The third-order valence-corrected chi connectivity index (χ3v) is 6.17. The van der Waals surface area contributed by atoms with Gasteiger partial charge in [0.25, 0.3) is 10.0 Å². The van der Waals surface area contributed by atoms with Crippen molar-refractivity contribution in [3.63, 3.8) is 0 Å². The first-order valence-corrected chi connectivity index (χ1v) is 12.3. The van der Waals surface area contributed by atoms with Gasteiger partial charge in [-0.3, -0.25) is 4.72 Å². The number of aromatic nitrogens is 4. The van der Waals surface area contributed by atoms with Crippen molar-refractivity contribution in [2.75, 3.05) is 11.3 Å². The van der Waals surface area contributed by atoms with Crippen molar-refractivity contribution in [2.45, 2.75) is 31.6 Å². The molecule has 2 aromatic carbocycles. The van der Waals surface area contributed by atoms with Gasteiger partial charge in [0, 0.05) is 24.1 Å². The summed E-state index contributed by atoms with van der Waals surface area (Å²) >= 11 is 0. The molecule has 0 saturated carbocycles. The summed E-state index contributed by atoms with van der Waals surface area (Å²) in [6.07, 6.45) is 5.42. The summed E-state index contributed by atoms with van der Waals surface area (Å²) in [6, 6.07) is 16.4. The number of sulfonamides is 1. The van der Waals surface area contributed by atoms with E-state index in [1.54, 1.807) is 72.5 Å². The van der Waals surface area contributed by atoms with E-state index in [0.717, 1.165) is 12.8 Å².